The molecule has 5 aromatic carbocycles. The van der Waals surface area contributed by atoms with Crippen molar-refractivity contribution in [2.45, 2.75) is 68.7 Å². The lowest BCUT2D eigenvalue weighted by molar-refractivity contribution is -0.142. The number of sulfonamides is 1. The number of carbonyl (C=O) groups excluding carboxylic acids is 2. The Bertz CT molecular complexity index is 2980. The van der Waals surface area contributed by atoms with E-state index in [4.69, 9.17) is 42.7 Å². The first kappa shape index (κ1) is 46.1. The van der Waals surface area contributed by atoms with E-state index in [2.05, 4.69) is 21.7 Å². The number of halogens is 2. The van der Waals surface area contributed by atoms with E-state index in [0.717, 1.165) is 37.9 Å². The first-order valence-electron chi connectivity index (χ1n) is 20.7. The topological polar surface area (TPSA) is 197 Å². The van der Waals surface area contributed by atoms with E-state index >= 15 is 0 Å². The predicted molar refractivity (Wildman–Crippen MR) is 248 cm³/mol. The van der Waals surface area contributed by atoms with E-state index in [-0.39, 0.29) is 60.0 Å². The Morgan fingerprint density at radius 2 is 1.62 bits per heavy atom. The summed E-state index contributed by atoms with van der Waals surface area (Å²) in [6.07, 6.45) is -0.575. The number of hydrogen-bond donors (Lipinski definition) is 3. The van der Waals surface area contributed by atoms with Crippen molar-refractivity contribution in [3.63, 3.8) is 0 Å². The van der Waals surface area contributed by atoms with Gasteiger partial charge in [-0.3, -0.25) is 9.59 Å². The Hall–Kier alpha value is -6.48. The summed E-state index contributed by atoms with van der Waals surface area (Å²) >= 11 is 13.0. The van der Waals surface area contributed by atoms with Crippen LogP contribution in [0.1, 0.15) is 58.5 Å². The molecule has 3 atom stereocenters. The van der Waals surface area contributed by atoms with E-state index in [9.17, 15) is 27.9 Å². The Labute approximate surface area is 394 Å². The normalized spacial score (nSPS) is 16.0. The molecule has 0 aliphatic carbocycles. The van der Waals surface area contributed by atoms with E-state index in [0.29, 0.717) is 49.5 Å². The third kappa shape index (κ3) is 10.2. The van der Waals surface area contributed by atoms with Crippen LogP contribution >= 0.6 is 34.5 Å². The van der Waals surface area contributed by atoms with E-state index < -0.39 is 40.1 Å². The molecule has 0 spiro atoms. The molecule has 0 radical (unpaired) electrons. The number of hydrogen-bond acceptors (Lipinski definition) is 11. The number of ether oxygens (including phenoxy) is 3. The van der Waals surface area contributed by atoms with Crippen molar-refractivity contribution < 1.29 is 42.1 Å². The molecule has 1 unspecified atom stereocenters. The van der Waals surface area contributed by atoms with Gasteiger partial charge in [0.1, 0.15) is 31.0 Å². The van der Waals surface area contributed by atoms with Crippen LogP contribution in [-0.2, 0) is 50.4 Å². The molecule has 2 aliphatic heterocycles. The highest BCUT2D eigenvalue weighted by Crippen LogP contribution is 2.43. The molecule has 1 aromatic heterocycles. The first-order chi connectivity index (χ1) is 31.7. The van der Waals surface area contributed by atoms with Crippen molar-refractivity contribution in [2.75, 3.05) is 11.9 Å². The number of nitrogens with one attached hydrogen (secondary N) is 2. The molecule has 3 N–H and O–H groups in total. The second-order valence-electron chi connectivity index (χ2n) is 15.6. The van der Waals surface area contributed by atoms with Gasteiger partial charge in [0, 0.05) is 19.4 Å². The summed E-state index contributed by atoms with van der Waals surface area (Å²) in [5, 5.41) is 25.7. The fourth-order valence-corrected chi connectivity index (χ4v) is 11.0. The van der Waals surface area contributed by atoms with Crippen molar-refractivity contribution in [1.82, 2.24) is 14.6 Å². The minimum atomic E-state index is -4.49. The number of thiazole rings is 1. The SMILES string of the molecule is CCC(=O)Nc1nc(C)c(S(=O)(=O)N2Cc3cc4c(cc3C[C@H]2C(=O)NC(Cc2ccc(-c3ccc(C#N)cc3)cc2)C(=O)O)OC[C@H](c2ccc(OCc3ccc(Cl)c(Cl)c3)cc2)O4)s1. The van der Waals surface area contributed by atoms with Crippen molar-refractivity contribution >= 4 is 67.5 Å². The quantitative estimate of drug-likeness (QED) is 0.0945. The van der Waals surface area contributed by atoms with E-state index in [1.165, 1.54) is 6.92 Å². The molecule has 66 heavy (non-hydrogen) atoms. The van der Waals surface area contributed by atoms with Crippen LogP contribution < -0.4 is 24.8 Å². The average Bonchev–Trinajstić information content (AvgIpc) is 3.70. The minimum absolute atomic E-state index is 0.0872. The molecule has 2 amide bonds. The van der Waals surface area contributed by atoms with Crippen LogP contribution in [0.5, 0.6) is 17.2 Å². The fraction of sp³-hybridized carbons (Fsp3) is 0.229. The van der Waals surface area contributed by atoms with Gasteiger partial charge in [-0.25, -0.2) is 18.2 Å². The van der Waals surface area contributed by atoms with Crippen LogP contribution in [0.25, 0.3) is 11.1 Å². The number of benzene rings is 5. The molecular weight excluding hydrogens is 926 g/mol. The third-order valence-electron chi connectivity index (χ3n) is 11.2. The van der Waals surface area contributed by atoms with Crippen LogP contribution in [0, 0.1) is 18.3 Å². The van der Waals surface area contributed by atoms with Gasteiger partial charge in [-0.1, -0.05) is 96.1 Å². The van der Waals surface area contributed by atoms with Crippen LogP contribution in [0.3, 0.4) is 0 Å². The molecular formula is C48H41Cl2N5O9S2. The number of anilines is 1. The number of carboxylic acids is 1. The third-order valence-corrected chi connectivity index (χ3v) is 15.4. The Kier molecular flexibility index (Phi) is 13.6. The highest BCUT2D eigenvalue weighted by Gasteiger charge is 2.43. The van der Waals surface area contributed by atoms with Crippen LogP contribution in [0.4, 0.5) is 5.13 Å². The van der Waals surface area contributed by atoms with E-state index in [1.807, 2.05) is 54.6 Å². The zero-order valence-corrected chi connectivity index (χ0v) is 38.6. The van der Waals surface area contributed by atoms with Crippen LogP contribution in [0.2, 0.25) is 10.0 Å². The van der Waals surface area contributed by atoms with Gasteiger partial charge >= 0.3 is 5.97 Å². The Morgan fingerprint density at radius 1 is 0.939 bits per heavy atom. The number of carboxylic acid groups (broad SMARTS) is 1. The van der Waals surface area contributed by atoms with Gasteiger partial charge in [0.15, 0.2) is 26.9 Å². The number of carbonyl (C=O) groups is 3. The van der Waals surface area contributed by atoms with Gasteiger partial charge in [-0.05, 0) is 101 Å². The standard InChI is InChI=1S/C48H41Cl2N5O9S2/c1-3-44(56)54-48-52-27(2)47(65-48)66(60,61)55-24-35-22-42-41(63-26-43(64-42)33-13-15-36(16-14-33)62-25-30-8-17-37(49)38(50)18-30)21-34(35)20-40(55)45(57)53-39(46(58)59)19-28-4-9-31(10-5-28)32-11-6-29(23-51)7-12-32/h4-18,21-22,39-40,43H,3,19-20,24-26H2,1-2H3,(H,53,57)(H,58,59)(H,52,54,56)/t39?,40-,43+/m0/s1. The largest absolute Gasteiger partial charge is 0.489 e. The maximum Gasteiger partial charge on any atom is 0.326 e. The molecule has 0 saturated carbocycles. The molecule has 338 valence electrons. The molecule has 6 aromatic rings. The monoisotopic (exact) mass is 965 g/mol. The summed E-state index contributed by atoms with van der Waals surface area (Å²) in [5.41, 5.74) is 5.81. The van der Waals surface area contributed by atoms with Crippen molar-refractivity contribution in [1.29, 1.82) is 5.26 Å². The number of amides is 2. The number of fused-ring (bicyclic) bond motifs is 2. The molecule has 18 heteroatoms. The average molecular weight is 967 g/mol. The van der Waals surface area contributed by atoms with Crippen molar-refractivity contribution in [2.24, 2.45) is 0 Å². The minimum Gasteiger partial charge on any atom is -0.489 e. The zero-order valence-electron chi connectivity index (χ0n) is 35.4. The van der Waals surface area contributed by atoms with Gasteiger partial charge in [0.2, 0.25) is 11.8 Å². The van der Waals surface area contributed by atoms with Gasteiger partial charge in [0.25, 0.3) is 10.0 Å². The second kappa shape index (κ2) is 19.5. The molecule has 0 bridgehead atoms. The summed E-state index contributed by atoms with van der Waals surface area (Å²) in [5.74, 6) is -1.07. The van der Waals surface area contributed by atoms with Crippen molar-refractivity contribution in [3.8, 4) is 34.4 Å². The number of aromatic nitrogens is 1. The maximum absolute atomic E-state index is 14.7. The summed E-state index contributed by atoms with van der Waals surface area (Å²) in [7, 11) is -4.49. The van der Waals surface area contributed by atoms with Crippen LogP contribution in [-0.4, -0.2) is 59.3 Å². The lowest BCUT2D eigenvalue weighted by atomic mass is 9.94. The maximum atomic E-state index is 14.7. The number of nitrogens with zero attached hydrogens (tertiary/aromatic N) is 3. The smallest absolute Gasteiger partial charge is 0.326 e. The molecule has 2 aliphatic rings. The van der Waals surface area contributed by atoms with Gasteiger partial charge in [-0.2, -0.15) is 9.57 Å². The molecule has 14 nitrogen and oxygen atoms in total. The molecule has 3 heterocycles. The fourth-order valence-electron chi connectivity index (χ4n) is 7.61. The van der Waals surface area contributed by atoms with Crippen LogP contribution in [0.15, 0.2) is 107 Å². The summed E-state index contributed by atoms with van der Waals surface area (Å²) in [6.45, 7) is 3.33. The summed E-state index contributed by atoms with van der Waals surface area (Å²) in [4.78, 5) is 43.6. The van der Waals surface area contributed by atoms with Crippen molar-refractivity contribution in [3.05, 3.63) is 152 Å². The predicted octanol–water partition coefficient (Wildman–Crippen LogP) is 8.66. The number of aryl methyl sites for hydroxylation is 1. The number of rotatable bonds is 14. The van der Waals surface area contributed by atoms with Gasteiger partial charge in [0.05, 0.1) is 27.4 Å². The summed E-state index contributed by atoms with van der Waals surface area (Å²) in [6, 6.07) is 29.6. The van der Waals surface area contributed by atoms with Gasteiger partial charge < -0.3 is 30.0 Å². The number of aliphatic carboxylic acids is 1. The molecule has 8 rings (SSSR count). The highest BCUT2D eigenvalue weighted by molar-refractivity contribution is 7.91. The summed E-state index contributed by atoms with van der Waals surface area (Å²) < 4.78 is 48.9. The second-order valence-corrected chi connectivity index (χ2v) is 19.5. The Morgan fingerprint density at radius 3 is 2.29 bits per heavy atom. The van der Waals surface area contributed by atoms with E-state index in [1.54, 1.807) is 55.5 Å². The molecule has 0 saturated heterocycles. The lowest BCUT2D eigenvalue weighted by Crippen LogP contribution is -2.55. The van der Waals surface area contributed by atoms with Gasteiger partial charge in [-0.15, -0.1) is 0 Å². The highest BCUT2D eigenvalue weighted by atomic mass is 35.5. The number of nitriles is 1. The molecule has 0 fully saturated rings. The lowest BCUT2D eigenvalue weighted by Gasteiger charge is -2.36. The zero-order chi connectivity index (χ0) is 46.7. The Balaban J connectivity index is 1.03. The first-order valence-corrected chi connectivity index (χ1v) is 23.7.